The van der Waals surface area contributed by atoms with E-state index in [9.17, 15) is 4.79 Å². The Bertz CT molecular complexity index is 231. The molecule has 2 atom stereocenters. The molecule has 0 aromatic carbocycles. The normalized spacial score (nSPS) is 24.6. The first kappa shape index (κ1) is 13.5. The fraction of sp³-hybridized carbons (Fsp3) is 0.917. The molecule has 0 aromatic heterocycles. The van der Waals surface area contributed by atoms with E-state index >= 15 is 0 Å². The van der Waals surface area contributed by atoms with E-state index in [-0.39, 0.29) is 6.42 Å². The van der Waals surface area contributed by atoms with Crippen molar-refractivity contribution in [2.45, 2.75) is 31.7 Å². The van der Waals surface area contributed by atoms with Crippen molar-refractivity contribution in [2.75, 3.05) is 34.2 Å². The predicted octanol–water partition coefficient (Wildman–Crippen LogP) is 1.12. The first-order valence-corrected chi connectivity index (χ1v) is 6.07. The zero-order valence-electron chi connectivity index (χ0n) is 10.6. The standard InChI is InChI=1S/C12H24N2O2/c1-13(2)11(6-7-12(15)16)10-5-4-8-14(3)9-10/h10-11H,4-9H2,1-3H3,(H,15,16). The number of hydrogen-bond acceptors (Lipinski definition) is 3. The van der Waals surface area contributed by atoms with Crippen LogP contribution in [-0.2, 0) is 4.79 Å². The largest absolute Gasteiger partial charge is 0.481 e. The zero-order valence-corrected chi connectivity index (χ0v) is 10.6. The van der Waals surface area contributed by atoms with Crippen molar-refractivity contribution in [3.63, 3.8) is 0 Å². The summed E-state index contributed by atoms with van der Waals surface area (Å²) in [7, 11) is 6.26. The molecule has 1 aliphatic heterocycles. The second-order valence-corrected chi connectivity index (χ2v) is 5.13. The van der Waals surface area contributed by atoms with Gasteiger partial charge in [-0.05, 0) is 52.9 Å². The summed E-state index contributed by atoms with van der Waals surface area (Å²) in [5, 5.41) is 8.77. The summed E-state index contributed by atoms with van der Waals surface area (Å²) in [4.78, 5) is 15.2. The number of rotatable bonds is 5. The lowest BCUT2D eigenvalue weighted by Gasteiger charge is -2.38. The molecule has 0 amide bonds. The van der Waals surface area contributed by atoms with Crippen LogP contribution in [0.15, 0.2) is 0 Å². The lowest BCUT2D eigenvalue weighted by atomic mass is 9.87. The molecule has 16 heavy (non-hydrogen) atoms. The molecular formula is C12H24N2O2. The van der Waals surface area contributed by atoms with Gasteiger partial charge in [-0.2, -0.15) is 0 Å². The van der Waals surface area contributed by atoms with Crippen molar-refractivity contribution < 1.29 is 9.90 Å². The van der Waals surface area contributed by atoms with Gasteiger partial charge in [-0.3, -0.25) is 4.79 Å². The molecule has 0 bridgehead atoms. The van der Waals surface area contributed by atoms with Gasteiger partial charge in [0.05, 0.1) is 0 Å². The van der Waals surface area contributed by atoms with Gasteiger partial charge in [-0.15, -0.1) is 0 Å². The zero-order chi connectivity index (χ0) is 12.1. The highest BCUT2D eigenvalue weighted by molar-refractivity contribution is 5.66. The van der Waals surface area contributed by atoms with E-state index in [4.69, 9.17) is 5.11 Å². The van der Waals surface area contributed by atoms with Crippen molar-refractivity contribution in [1.82, 2.24) is 9.80 Å². The third-order valence-corrected chi connectivity index (χ3v) is 3.52. The fourth-order valence-electron chi connectivity index (χ4n) is 2.71. The van der Waals surface area contributed by atoms with Crippen molar-refractivity contribution in [3.05, 3.63) is 0 Å². The molecular weight excluding hydrogens is 204 g/mol. The molecule has 1 N–H and O–H groups in total. The Labute approximate surface area is 98.2 Å². The van der Waals surface area contributed by atoms with Crippen LogP contribution < -0.4 is 0 Å². The van der Waals surface area contributed by atoms with E-state index in [2.05, 4.69) is 30.9 Å². The number of likely N-dealkylation sites (tertiary alicyclic amines) is 1. The number of nitrogens with zero attached hydrogens (tertiary/aromatic N) is 2. The molecule has 0 saturated carbocycles. The number of hydrogen-bond donors (Lipinski definition) is 1. The van der Waals surface area contributed by atoms with Gasteiger partial charge < -0.3 is 14.9 Å². The molecule has 0 radical (unpaired) electrons. The molecule has 0 spiro atoms. The number of carboxylic acid groups (broad SMARTS) is 1. The monoisotopic (exact) mass is 228 g/mol. The Balaban J connectivity index is 2.51. The van der Waals surface area contributed by atoms with Crippen LogP contribution >= 0.6 is 0 Å². The second-order valence-electron chi connectivity index (χ2n) is 5.13. The van der Waals surface area contributed by atoms with Gasteiger partial charge in [0.2, 0.25) is 0 Å². The second kappa shape index (κ2) is 6.21. The van der Waals surface area contributed by atoms with E-state index in [1.54, 1.807) is 0 Å². The van der Waals surface area contributed by atoms with Crippen LogP contribution in [0.1, 0.15) is 25.7 Å². The number of carbonyl (C=O) groups is 1. The van der Waals surface area contributed by atoms with Gasteiger partial charge in [0.15, 0.2) is 0 Å². The summed E-state index contributed by atoms with van der Waals surface area (Å²) in [6, 6.07) is 0.402. The van der Waals surface area contributed by atoms with Gasteiger partial charge >= 0.3 is 5.97 Å². The summed E-state index contributed by atoms with van der Waals surface area (Å²) >= 11 is 0. The third kappa shape index (κ3) is 4.10. The van der Waals surface area contributed by atoms with Crippen molar-refractivity contribution in [2.24, 2.45) is 5.92 Å². The molecule has 0 aliphatic carbocycles. The van der Waals surface area contributed by atoms with E-state index in [0.717, 1.165) is 13.0 Å². The van der Waals surface area contributed by atoms with Crippen LogP contribution in [0.25, 0.3) is 0 Å². The SMILES string of the molecule is CN1CCCC(C(CCC(=O)O)N(C)C)C1. The van der Waals surface area contributed by atoms with Crippen LogP contribution in [0, 0.1) is 5.92 Å². The van der Waals surface area contributed by atoms with Crippen LogP contribution in [0.4, 0.5) is 0 Å². The summed E-state index contributed by atoms with van der Waals surface area (Å²) in [6.45, 7) is 2.28. The van der Waals surface area contributed by atoms with E-state index in [1.807, 2.05) is 0 Å². The van der Waals surface area contributed by atoms with E-state index in [1.165, 1.54) is 19.4 Å². The molecule has 1 heterocycles. The quantitative estimate of drug-likeness (QED) is 0.766. The third-order valence-electron chi connectivity index (χ3n) is 3.52. The van der Waals surface area contributed by atoms with Gasteiger partial charge in [0, 0.05) is 19.0 Å². The van der Waals surface area contributed by atoms with Gasteiger partial charge in [0.1, 0.15) is 0 Å². The maximum atomic E-state index is 10.6. The molecule has 4 heteroatoms. The number of aliphatic carboxylic acids is 1. The maximum absolute atomic E-state index is 10.6. The smallest absolute Gasteiger partial charge is 0.303 e. The number of piperidine rings is 1. The minimum Gasteiger partial charge on any atom is -0.481 e. The Hall–Kier alpha value is -0.610. The summed E-state index contributed by atoms with van der Waals surface area (Å²) in [6.07, 6.45) is 3.51. The van der Waals surface area contributed by atoms with Gasteiger partial charge in [-0.1, -0.05) is 0 Å². The summed E-state index contributed by atoms with van der Waals surface area (Å²) < 4.78 is 0. The molecule has 1 rings (SSSR count). The fourth-order valence-corrected chi connectivity index (χ4v) is 2.71. The predicted molar refractivity (Wildman–Crippen MR) is 64.6 cm³/mol. The van der Waals surface area contributed by atoms with Crippen molar-refractivity contribution >= 4 is 5.97 Å². The van der Waals surface area contributed by atoms with E-state index in [0.29, 0.717) is 12.0 Å². The maximum Gasteiger partial charge on any atom is 0.303 e. The topological polar surface area (TPSA) is 43.8 Å². The highest BCUT2D eigenvalue weighted by Crippen LogP contribution is 2.24. The lowest BCUT2D eigenvalue weighted by molar-refractivity contribution is -0.137. The van der Waals surface area contributed by atoms with Crippen molar-refractivity contribution in [3.8, 4) is 0 Å². The summed E-state index contributed by atoms with van der Waals surface area (Å²) in [5.74, 6) is -0.0656. The molecule has 1 fully saturated rings. The molecule has 2 unspecified atom stereocenters. The number of carboxylic acids is 1. The van der Waals surface area contributed by atoms with Crippen LogP contribution in [-0.4, -0.2) is 61.2 Å². The molecule has 1 aliphatic rings. The highest BCUT2D eigenvalue weighted by Gasteiger charge is 2.27. The highest BCUT2D eigenvalue weighted by atomic mass is 16.4. The average Bonchev–Trinajstić information content (AvgIpc) is 2.17. The Morgan fingerprint density at radius 2 is 2.25 bits per heavy atom. The van der Waals surface area contributed by atoms with Crippen LogP contribution in [0.3, 0.4) is 0 Å². The first-order valence-electron chi connectivity index (χ1n) is 6.07. The van der Waals surface area contributed by atoms with Crippen LogP contribution in [0.2, 0.25) is 0 Å². The lowest BCUT2D eigenvalue weighted by Crippen LogP contribution is -2.44. The van der Waals surface area contributed by atoms with Crippen LogP contribution in [0.5, 0.6) is 0 Å². The van der Waals surface area contributed by atoms with E-state index < -0.39 is 5.97 Å². The Kier molecular flexibility index (Phi) is 5.22. The van der Waals surface area contributed by atoms with Gasteiger partial charge in [0.25, 0.3) is 0 Å². The summed E-state index contributed by atoms with van der Waals surface area (Å²) in [5.41, 5.74) is 0. The van der Waals surface area contributed by atoms with Gasteiger partial charge in [-0.25, -0.2) is 0 Å². The van der Waals surface area contributed by atoms with Crippen molar-refractivity contribution in [1.29, 1.82) is 0 Å². The molecule has 0 aromatic rings. The Morgan fingerprint density at radius 1 is 1.56 bits per heavy atom. The average molecular weight is 228 g/mol. The molecule has 4 nitrogen and oxygen atoms in total. The first-order chi connectivity index (χ1) is 7.50. The Morgan fingerprint density at radius 3 is 2.75 bits per heavy atom. The minimum atomic E-state index is -0.684. The molecule has 1 saturated heterocycles. The minimum absolute atomic E-state index is 0.281. The molecule has 94 valence electrons.